The molecule has 0 unspecified atom stereocenters. The Balaban J connectivity index is 1.54. The van der Waals surface area contributed by atoms with Gasteiger partial charge in [0.25, 0.3) is 0 Å². The fourth-order valence-corrected chi connectivity index (χ4v) is 4.62. The van der Waals surface area contributed by atoms with E-state index < -0.39 is 23.4 Å². The Hall–Kier alpha value is -3.36. The standard InChI is InChI=1S/C28H33F3N4O2/c1-17(20-7-6-8-22(15-20)28(29,30)31)32-25-23-16-21(9-10-24(23)33-18(2)34-25)19-11-13-35(14-12-19)26(36)37-27(3,4)5/h6-10,15-17,19H,11-14H2,1-5H3,(H,32,33,34)/t17-/m1/s1. The minimum atomic E-state index is -4.40. The molecule has 4 rings (SSSR count). The number of hydrogen-bond donors (Lipinski definition) is 1. The predicted molar refractivity (Wildman–Crippen MR) is 138 cm³/mol. The van der Waals surface area contributed by atoms with Gasteiger partial charge in [0, 0.05) is 24.5 Å². The van der Waals surface area contributed by atoms with E-state index >= 15 is 0 Å². The Morgan fingerprint density at radius 1 is 1.08 bits per heavy atom. The van der Waals surface area contributed by atoms with Crippen LogP contribution in [0.1, 0.15) is 75.0 Å². The second-order valence-corrected chi connectivity index (χ2v) is 10.6. The lowest BCUT2D eigenvalue weighted by molar-refractivity contribution is -0.137. The monoisotopic (exact) mass is 514 g/mol. The van der Waals surface area contributed by atoms with Crippen LogP contribution in [0.25, 0.3) is 10.9 Å². The van der Waals surface area contributed by atoms with Gasteiger partial charge in [-0.15, -0.1) is 0 Å². The number of likely N-dealkylation sites (tertiary alicyclic amines) is 1. The predicted octanol–water partition coefficient (Wildman–Crippen LogP) is 7.24. The highest BCUT2D eigenvalue weighted by molar-refractivity contribution is 5.90. The van der Waals surface area contributed by atoms with Gasteiger partial charge in [-0.05, 0) is 88.8 Å². The molecule has 0 saturated carbocycles. The fraction of sp³-hybridized carbons (Fsp3) is 0.464. The fourth-order valence-electron chi connectivity index (χ4n) is 4.62. The van der Waals surface area contributed by atoms with Crippen molar-refractivity contribution in [1.29, 1.82) is 0 Å². The Morgan fingerprint density at radius 2 is 1.78 bits per heavy atom. The number of ether oxygens (including phenoxy) is 1. The van der Waals surface area contributed by atoms with Crippen LogP contribution in [-0.4, -0.2) is 39.7 Å². The van der Waals surface area contributed by atoms with Gasteiger partial charge in [0.1, 0.15) is 17.2 Å². The van der Waals surface area contributed by atoms with E-state index in [2.05, 4.69) is 27.4 Å². The molecular weight excluding hydrogens is 481 g/mol. The van der Waals surface area contributed by atoms with Crippen LogP contribution in [0, 0.1) is 6.92 Å². The van der Waals surface area contributed by atoms with E-state index in [9.17, 15) is 18.0 Å². The number of aryl methyl sites for hydroxylation is 1. The van der Waals surface area contributed by atoms with Crippen LogP contribution in [0.3, 0.4) is 0 Å². The number of nitrogens with zero attached hydrogens (tertiary/aromatic N) is 3. The number of nitrogens with one attached hydrogen (secondary N) is 1. The lowest BCUT2D eigenvalue weighted by atomic mass is 9.89. The first-order valence-electron chi connectivity index (χ1n) is 12.5. The first kappa shape index (κ1) is 26.7. The lowest BCUT2D eigenvalue weighted by Crippen LogP contribution is -2.41. The van der Waals surface area contributed by atoms with Crippen molar-refractivity contribution in [3.63, 3.8) is 0 Å². The molecule has 0 bridgehead atoms. The molecule has 37 heavy (non-hydrogen) atoms. The molecule has 1 amide bonds. The third-order valence-corrected chi connectivity index (χ3v) is 6.52. The minimum absolute atomic E-state index is 0.262. The van der Waals surface area contributed by atoms with Gasteiger partial charge in [0.15, 0.2) is 0 Å². The van der Waals surface area contributed by atoms with Crippen molar-refractivity contribution >= 4 is 22.8 Å². The van der Waals surface area contributed by atoms with Crippen LogP contribution in [-0.2, 0) is 10.9 Å². The zero-order valence-electron chi connectivity index (χ0n) is 21.8. The molecule has 1 saturated heterocycles. The Morgan fingerprint density at radius 3 is 2.43 bits per heavy atom. The zero-order valence-corrected chi connectivity index (χ0v) is 21.8. The molecule has 1 aliphatic rings. The van der Waals surface area contributed by atoms with Gasteiger partial charge in [-0.25, -0.2) is 14.8 Å². The summed E-state index contributed by atoms with van der Waals surface area (Å²) in [5.41, 5.74) is 1.20. The summed E-state index contributed by atoms with van der Waals surface area (Å²) in [5, 5.41) is 4.12. The van der Waals surface area contributed by atoms with E-state index in [0.717, 1.165) is 41.4 Å². The molecule has 2 aromatic carbocycles. The van der Waals surface area contributed by atoms with Crippen LogP contribution < -0.4 is 5.32 Å². The molecular formula is C28H33F3N4O2. The summed E-state index contributed by atoms with van der Waals surface area (Å²) < 4.78 is 45.1. The van der Waals surface area contributed by atoms with E-state index in [1.54, 1.807) is 17.9 Å². The number of hydrogen-bond acceptors (Lipinski definition) is 5. The number of fused-ring (bicyclic) bond motifs is 1. The summed E-state index contributed by atoms with van der Waals surface area (Å²) in [5.74, 6) is 1.42. The summed E-state index contributed by atoms with van der Waals surface area (Å²) in [6.45, 7) is 10.4. The molecule has 0 aliphatic carbocycles. The van der Waals surface area contributed by atoms with Crippen LogP contribution in [0.2, 0.25) is 0 Å². The van der Waals surface area contributed by atoms with E-state index in [-0.39, 0.29) is 12.0 Å². The number of rotatable bonds is 4. The number of carbonyl (C=O) groups is 1. The normalized spacial score (nSPS) is 16.1. The number of carbonyl (C=O) groups excluding carboxylic acids is 1. The van der Waals surface area contributed by atoms with Crippen LogP contribution in [0.4, 0.5) is 23.8 Å². The van der Waals surface area contributed by atoms with E-state index in [0.29, 0.717) is 30.3 Å². The second-order valence-electron chi connectivity index (χ2n) is 10.6. The van der Waals surface area contributed by atoms with Crippen molar-refractivity contribution in [2.24, 2.45) is 0 Å². The molecule has 1 atom stereocenters. The third-order valence-electron chi connectivity index (χ3n) is 6.52. The highest BCUT2D eigenvalue weighted by Gasteiger charge is 2.31. The van der Waals surface area contributed by atoms with Crippen molar-refractivity contribution in [1.82, 2.24) is 14.9 Å². The molecule has 1 aromatic heterocycles. The van der Waals surface area contributed by atoms with E-state index in [4.69, 9.17) is 4.74 Å². The maximum atomic E-state index is 13.2. The summed E-state index contributed by atoms with van der Waals surface area (Å²) >= 11 is 0. The number of alkyl halides is 3. The molecule has 2 heterocycles. The molecule has 6 nitrogen and oxygen atoms in total. The topological polar surface area (TPSA) is 67.4 Å². The number of amides is 1. The summed E-state index contributed by atoms with van der Waals surface area (Å²) in [4.78, 5) is 23.3. The van der Waals surface area contributed by atoms with Crippen molar-refractivity contribution in [2.75, 3.05) is 18.4 Å². The van der Waals surface area contributed by atoms with Gasteiger partial charge in [0.2, 0.25) is 0 Å². The molecule has 0 radical (unpaired) electrons. The zero-order chi connectivity index (χ0) is 27.0. The molecule has 1 fully saturated rings. The van der Waals surface area contributed by atoms with E-state index in [1.165, 1.54) is 6.07 Å². The average Bonchev–Trinajstić information content (AvgIpc) is 2.82. The highest BCUT2D eigenvalue weighted by atomic mass is 19.4. The number of aromatic nitrogens is 2. The first-order chi connectivity index (χ1) is 17.3. The summed E-state index contributed by atoms with van der Waals surface area (Å²) in [6.07, 6.45) is -3.08. The molecule has 198 valence electrons. The number of benzene rings is 2. The van der Waals surface area contributed by atoms with Gasteiger partial charge in [-0.3, -0.25) is 0 Å². The molecule has 1 aliphatic heterocycles. The van der Waals surface area contributed by atoms with Crippen molar-refractivity contribution in [3.05, 3.63) is 65.0 Å². The number of halogens is 3. The van der Waals surface area contributed by atoms with Gasteiger partial charge >= 0.3 is 12.3 Å². The summed E-state index contributed by atoms with van der Waals surface area (Å²) in [6, 6.07) is 11.0. The number of piperidine rings is 1. The Bertz CT molecular complexity index is 1280. The van der Waals surface area contributed by atoms with Gasteiger partial charge in [-0.2, -0.15) is 13.2 Å². The Kier molecular flexibility index (Phi) is 7.35. The highest BCUT2D eigenvalue weighted by Crippen LogP contribution is 2.34. The van der Waals surface area contributed by atoms with Crippen molar-refractivity contribution in [3.8, 4) is 0 Å². The largest absolute Gasteiger partial charge is 0.444 e. The first-order valence-corrected chi connectivity index (χ1v) is 12.5. The van der Waals surface area contributed by atoms with Crippen LogP contribution >= 0.6 is 0 Å². The Labute approximate surface area is 215 Å². The average molecular weight is 515 g/mol. The smallest absolute Gasteiger partial charge is 0.416 e. The van der Waals surface area contributed by atoms with Crippen LogP contribution in [0.5, 0.6) is 0 Å². The van der Waals surface area contributed by atoms with Gasteiger partial charge < -0.3 is 15.0 Å². The minimum Gasteiger partial charge on any atom is -0.444 e. The van der Waals surface area contributed by atoms with Gasteiger partial charge in [0.05, 0.1) is 11.1 Å². The summed E-state index contributed by atoms with van der Waals surface area (Å²) in [7, 11) is 0. The van der Waals surface area contributed by atoms with Crippen LogP contribution in [0.15, 0.2) is 42.5 Å². The SMILES string of the molecule is Cc1nc(N[C@H](C)c2cccc(C(F)(F)F)c2)c2cc(C3CCN(C(=O)OC(C)(C)C)CC3)ccc2n1. The molecule has 3 aromatic rings. The second kappa shape index (κ2) is 10.2. The maximum Gasteiger partial charge on any atom is 0.416 e. The van der Waals surface area contributed by atoms with Crippen molar-refractivity contribution < 1.29 is 22.7 Å². The third kappa shape index (κ3) is 6.50. The molecule has 0 spiro atoms. The maximum absolute atomic E-state index is 13.2. The quantitative estimate of drug-likeness (QED) is 0.397. The molecule has 1 N–H and O–H groups in total. The number of anilines is 1. The van der Waals surface area contributed by atoms with Gasteiger partial charge in [-0.1, -0.05) is 18.2 Å². The van der Waals surface area contributed by atoms with Crippen molar-refractivity contribution in [2.45, 2.75) is 71.2 Å². The molecule has 9 heteroatoms. The van der Waals surface area contributed by atoms with E-state index in [1.807, 2.05) is 33.8 Å². The lowest BCUT2D eigenvalue weighted by Gasteiger charge is -2.33.